The van der Waals surface area contributed by atoms with E-state index in [1.165, 1.54) is 0 Å². The smallest absolute Gasteiger partial charge is 0.257 e. The molecule has 0 spiro atoms. The fraction of sp³-hybridized carbons (Fsp3) is 0.130. The number of carbonyl (C=O) groups excluding carboxylic acids is 1. The molecule has 162 valence electrons. The number of nitrogens with zero attached hydrogens (tertiary/aromatic N) is 2. The van der Waals surface area contributed by atoms with Crippen molar-refractivity contribution in [3.8, 4) is 17.2 Å². The second kappa shape index (κ2) is 9.46. The molecular formula is C23H19BrN4O3S. The number of thiocarbonyl (C=S) groups is 1. The van der Waals surface area contributed by atoms with Gasteiger partial charge in [-0.15, -0.1) is 0 Å². The Morgan fingerprint density at radius 1 is 1.22 bits per heavy atom. The van der Waals surface area contributed by atoms with E-state index in [4.69, 9.17) is 21.4 Å². The number of ether oxygens (including phenoxy) is 1. The van der Waals surface area contributed by atoms with Crippen molar-refractivity contribution in [1.29, 1.82) is 0 Å². The van der Waals surface area contributed by atoms with Gasteiger partial charge in [0.05, 0.1) is 11.1 Å². The SMILES string of the molecule is CCOc1ccc(C(=O)NC(=S)Nc2cccc(-c3nc4ncccc4o3)c2C)cc1Br. The Bertz CT molecular complexity index is 1290. The summed E-state index contributed by atoms with van der Waals surface area (Å²) in [6, 6.07) is 14.4. The van der Waals surface area contributed by atoms with Crippen molar-refractivity contribution in [2.75, 3.05) is 11.9 Å². The van der Waals surface area contributed by atoms with E-state index < -0.39 is 0 Å². The third-order valence-corrected chi connectivity index (χ3v) is 5.52. The Morgan fingerprint density at radius 2 is 2.06 bits per heavy atom. The van der Waals surface area contributed by atoms with E-state index in [0.29, 0.717) is 39.5 Å². The lowest BCUT2D eigenvalue weighted by atomic mass is 10.1. The lowest BCUT2D eigenvalue weighted by Gasteiger charge is -2.14. The largest absolute Gasteiger partial charge is 0.493 e. The molecule has 0 atom stereocenters. The van der Waals surface area contributed by atoms with Gasteiger partial charge in [0.2, 0.25) is 5.89 Å². The van der Waals surface area contributed by atoms with Crippen molar-refractivity contribution in [2.45, 2.75) is 13.8 Å². The number of hydrogen-bond donors (Lipinski definition) is 2. The first-order valence-electron chi connectivity index (χ1n) is 9.82. The van der Waals surface area contributed by atoms with Crippen LogP contribution in [0.3, 0.4) is 0 Å². The van der Waals surface area contributed by atoms with Crippen LogP contribution < -0.4 is 15.4 Å². The van der Waals surface area contributed by atoms with Crippen molar-refractivity contribution in [3.63, 3.8) is 0 Å². The Morgan fingerprint density at radius 3 is 2.81 bits per heavy atom. The number of rotatable bonds is 5. The quantitative estimate of drug-likeness (QED) is 0.343. The van der Waals surface area contributed by atoms with Crippen LogP contribution in [-0.2, 0) is 0 Å². The van der Waals surface area contributed by atoms with Crippen molar-refractivity contribution in [2.24, 2.45) is 0 Å². The molecule has 32 heavy (non-hydrogen) atoms. The maximum absolute atomic E-state index is 12.6. The maximum Gasteiger partial charge on any atom is 0.257 e. The predicted molar refractivity (Wildman–Crippen MR) is 131 cm³/mol. The number of oxazole rings is 1. The summed E-state index contributed by atoms with van der Waals surface area (Å²) >= 11 is 8.77. The van der Waals surface area contributed by atoms with E-state index in [0.717, 1.165) is 16.8 Å². The third-order valence-electron chi connectivity index (χ3n) is 4.70. The lowest BCUT2D eigenvalue weighted by molar-refractivity contribution is 0.0977. The van der Waals surface area contributed by atoms with Crippen LogP contribution in [0.5, 0.6) is 5.75 Å². The highest BCUT2D eigenvalue weighted by Gasteiger charge is 2.15. The first-order chi connectivity index (χ1) is 15.5. The van der Waals surface area contributed by atoms with Crippen LogP contribution in [0, 0.1) is 6.92 Å². The molecule has 0 unspecified atom stereocenters. The summed E-state index contributed by atoms with van der Waals surface area (Å²) in [5.41, 5.74) is 4.02. The molecule has 0 fully saturated rings. The fourth-order valence-corrected chi connectivity index (χ4v) is 3.83. The van der Waals surface area contributed by atoms with E-state index >= 15 is 0 Å². The Kier molecular flexibility index (Phi) is 6.48. The molecule has 2 N–H and O–H groups in total. The van der Waals surface area contributed by atoms with Gasteiger partial charge in [-0.3, -0.25) is 10.1 Å². The zero-order chi connectivity index (χ0) is 22.7. The topological polar surface area (TPSA) is 89.3 Å². The highest BCUT2D eigenvalue weighted by Crippen LogP contribution is 2.30. The molecule has 4 rings (SSSR count). The van der Waals surface area contributed by atoms with Crippen LogP contribution in [0.1, 0.15) is 22.8 Å². The number of fused-ring (bicyclic) bond motifs is 1. The van der Waals surface area contributed by atoms with Gasteiger partial charge in [0.25, 0.3) is 5.91 Å². The van der Waals surface area contributed by atoms with Gasteiger partial charge >= 0.3 is 0 Å². The first-order valence-corrected chi connectivity index (χ1v) is 11.0. The normalized spacial score (nSPS) is 10.7. The van der Waals surface area contributed by atoms with Crippen LogP contribution in [-0.4, -0.2) is 27.6 Å². The number of pyridine rings is 1. The van der Waals surface area contributed by atoms with E-state index in [9.17, 15) is 4.79 Å². The number of benzene rings is 2. The molecule has 2 heterocycles. The predicted octanol–water partition coefficient (Wildman–Crippen LogP) is 5.49. The van der Waals surface area contributed by atoms with Crippen LogP contribution in [0.15, 0.2) is 63.6 Å². The molecular weight excluding hydrogens is 492 g/mol. The summed E-state index contributed by atoms with van der Waals surface area (Å²) < 4.78 is 12.0. The van der Waals surface area contributed by atoms with E-state index in [1.807, 2.05) is 38.1 Å². The standard InChI is InChI=1S/C23H19BrN4O3S/c1-3-30-18-10-9-14(12-16(18)24)21(29)28-23(32)26-17-7-4-6-15(13(17)2)22-27-20-19(31-22)8-5-11-25-20/h4-12H,3H2,1-2H3,(H2,26,28,29,32). The van der Waals surface area contributed by atoms with E-state index in [1.54, 1.807) is 30.5 Å². The number of hydrogen-bond acceptors (Lipinski definition) is 6. The van der Waals surface area contributed by atoms with Crippen molar-refractivity contribution >= 4 is 56.1 Å². The van der Waals surface area contributed by atoms with Gasteiger partial charge in [0.1, 0.15) is 5.75 Å². The lowest BCUT2D eigenvalue weighted by Crippen LogP contribution is -2.34. The maximum atomic E-state index is 12.6. The van der Waals surface area contributed by atoms with Gasteiger partial charge in [0.15, 0.2) is 16.3 Å². The molecule has 0 saturated heterocycles. The zero-order valence-electron chi connectivity index (χ0n) is 17.3. The summed E-state index contributed by atoms with van der Waals surface area (Å²) in [5, 5.41) is 5.96. The Hall–Kier alpha value is -3.30. The number of carbonyl (C=O) groups is 1. The second-order valence-corrected chi connectivity index (χ2v) is 8.07. The Labute approximate surface area is 198 Å². The summed E-state index contributed by atoms with van der Waals surface area (Å²) in [4.78, 5) is 21.3. The molecule has 0 bridgehead atoms. The van der Waals surface area contributed by atoms with Gasteiger partial charge in [-0.1, -0.05) is 6.07 Å². The third kappa shape index (κ3) is 4.63. The highest BCUT2D eigenvalue weighted by molar-refractivity contribution is 9.10. The van der Waals surface area contributed by atoms with Crippen LogP contribution in [0.25, 0.3) is 22.7 Å². The average Bonchev–Trinajstić information content (AvgIpc) is 3.20. The molecule has 2 aromatic carbocycles. The molecule has 4 aromatic rings. The minimum Gasteiger partial charge on any atom is -0.493 e. The monoisotopic (exact) mass is 510 g/mol. The molecule has 2 aromatic heterocycles. The Balaban J connectivity index is 1.49. The van der Waals surface area contributed by atoms with Crippen LogP contribution >= 0.6 is 28.1 Å². The first kappa shape index (κ1) is 21.9. The molecule has 9 heteroatoms. The van der Waals surface area contributed by atoms with E-state index in [2.05, 4.69) is 36.5 Å². The minimum absolute atomic E-state index is 0.180. The summed E-state index contributed by atoms with van der Waals surface area (Å²) in [6.45, 7) is 4.36. The zero-order valence-corrected chi connectivity index (χ0v) is 19.7. The molecule has 1 amide bonds. The van der Waals surface area contributed by atoms with Crippen molar-refractivity contribution in [1.82, 2.24) is 15.3 Å². The van der Waals surface area contributed by atoms with E-state index in [-0.39, 0.29) is 11.0 Å². The molecule has 0 saturated carbocycles. The van der Waals surface area contributed by atoms with Gasteiger partial charge < -0.3 is 14.5 Å². The van der Waals surface area contributed by atoms with Crippen LogP contribution in [0.4, 0.5) is 5.69 Å². The molecule has 0 aliphatic rings. The minimum atomic E-state index is -0.329. The summed E-state index contributed by atoms with van der Waals surface area (Å²) in [7, 11) is 0. The second-order valence-electron chi connectivity index (χ2n) is 6.81. The van der Waals surface area contributed by atoms with Gasteiger partial charge in [-0.2, -0.15) is 4.98 Å². The highest BCUT2D eigenvalue weighted by atomic mass is 79.9. The number of nitrogens with one attached hydrogen (secondary N) is 2. The van der Waals surface area contributed by atoms with Gasteiger partial charge in [-0.25, -0.2) is 4.98 Å². The number of anilines is 1. The van der Waals surface area contributed by atoms with Crippen molar-refractivity contribution < 1.29 is 13.9 Å². The molecule has 7 nitrogen and oxygen atoms in total. The number of halogens is 1. The molecule has 0 aliphatic heterocycles. The van der Waals surface area contributed by atoms with Gasteiger partial charge in [-0.05, 0) is 90.0 Å². The van der Waals surface area contributed by atoms with Crippen molar-refractivity contribution in [3.05, 3.63) is 70.3 Å². The number of aromatic nitrogens is 2. The molecule has 0 radical (unpaired) electrons. The average molecular weight is 511 g/mol. The number of amides is 1. The molecule has 0 aliphatic carbocycles. The van der Waals surface area contributed by atoms with Gasteiger partial charge in [0, 0.05) is 23.0 Å². The summed E-state index contributed by atoms with van der Waals surface area (Å²) in [5.74, 6) is 0.811. The fourth-order valence-electron chi connectivity index (χ4n) is 3.13. The van der Waals surface area contributed by atoms with Crippen LogP contribution in [0.2, 0.25) is 0 Å². The summed E-state index contributed by atoms with van der Waals surface area (Å²) in [6.07, 6.45) is 1.67.